The average molecular weight is 339 g/mol. The van der Waals surface area contributed by atoms with Crippen molar-refractivity contribution in [1.82, 2.24) is 0 Å². The molecule has 6 heteroatoms. The van der Waals surface area contributed by atoms with Gasteiger partial charge in [-0.3, -0.25) is 0 Å². The third-order valence-electron chi connectivity index (χ3n) is 1.92. The standard InChI is InChI=1S/C11H14O4S2.4CH4/c1-3-9(12)14-5-8-7-16-11(17-8)6-15-10(13)4-2;;;;/h3-4,8,11H,1-2,5-7H2;4*1H4. The Balaban J connectivity index is -0.000000361. The van der Waals surface area contributed by atoms with Gasteiger partial charge in [0.1, 0.15) is 13.2 Å². The number of thioether (sulfide) groups is 2. The molecule has 2 atom stereocenters. The van der Waals surface area contributed by atoms with Gasteiger partial charge in [0.2, 0.25) is 0 Å². The average Bonchev–Trinajstić information content (AvgIpc) is 2.80. The molecule has 1 heterocycles. The highest BCUT2D eigenvalue weighted by atomic mass is 32.2. The fourth-order valence-electron chi connectivity index (χ4n) is 1.13. The van der Waals surface area contributed by atoms with Crippen LogP contribution >= 0.6 is 23.5 Å². The summed E-state index contributed by atoms with van der Waals surface area (Å²) >= 11 is 3.35. The lowest BCUT2D eigenvalue weighted by Crippen LogP contribution is -2.15. The van der Waals surface area contributed by atoms with Gasteiger partial charge in [-0.05, 0) is 0 Å². The van der Waals surface area contributed by atoms with Crippen LogP contribution in [0.5, 0.6) is 0 Å². The van der Waals surface area contributed by atoms with Crippen molar-refractivity contribution in [2.24, 2.45) is 0 Å². The van der Waals surface area contributed by atoms with Crippen LogP contribution in [0.25, 0.3) is 0 Å². The van der Waals surface area contributed by atoms with E-state index in [1.807, 2.05) is 0 Å². The molecule has 1 rings (SSSR count). The summed E-state index contributed by atoms with van der Waals surface area (Å²) in [5.41, 5.74) is 0. The monoisotopic (exact) mass is 338 g/mol. The van der Waals surface area contributed by atoms with Gasteiger partial charge in [-0.15, -0.1) is 23.5 Å². The zero-order valence-electron chi connectivity index (χ0n) is 9.29. The summed E-state index contributed by atoms with van der Waals surface area (Å²) in [7, 11) is 0. The van der Waals surface area contributed by atoms with Crippen LogP contribution in [-0.4, -0.2) is 40.7 Å². The minimum Gasteiger partial charge on any atom is -0.461 e. The maximum Gasteiger partial charge on any atom is 0.330 e. The molecule has 0 radical (unpaired) electrons. The Kier molecular flexibility index (Phi) is 20.9. The lowest BCUT2D eigenvalue weighted by Gasteiger charge is -2.10. The van der Waals surface area contributed by atoms with E-state index in [9.17, 15) is 9.59 Å². The molecule has 0 amide bonds. The van der Waals surface area contributed by atoms with Crippen LogP contribution in [0.2, 0.25) is 0 Å². The molecule has 0 aromatic heterocycles. The van der Waals surface area contributed by atoms with Crippen LogP contribution in [0.15, 0.2) is 25.3 Å². The molecule has 1 aliphatic rings. The Bertz CT molecular complexity index is 289. The van der Waals surface area contributed by atoms with Crippen molar-refractivity contribution in [3.05, 3.63) is 25.3 Å². The van der Waals surface area contributed by atoms with Crippen LogP contribution < -0.4 is 0 Å². The number of carbonyl (C=O) groups is 2. The number of hydrogen-bond donors (Lipinski definition) is 0. The Morgan fingerprint density at radius 2 is 1.48 bits per heavy atom. The lowest BCUT2D eigenvalue weighted by atomic mass is 10.5. The van der Waals surface area contributed by atoms with Crippen molar-refractivity contribution in [3.63, 3.8) is 0 Å². The van der Waals surface area contributed by atoms with E-state index in [0.717, 1.165) is 17.9 Å². The zero-order chi connectivity index (χ0) is 12.7. The summed E-state index contributed by atoms with van der Waals surface area (Å²) in [6.07, 6.45) is 2.30. The van der Waals surface area contributed by atoms with Gasteiger partial charge >= 0.3 is 11.9 Å². The van der Waals surface area contributed by atoms with Gasteiger partial charge < -0.3 is 9.47 Å². The van der Waals surface area contributed by atoms with E-state index in [1.165, 1.54) is 0 Å². The first-order chi connectivity index (χ1) is 8.15. The molecule has 0 aromatic rings. The normalized spacial score (nSPS) is 18.5. The molecule has 0 aliphatic carbocycles. The van der Waals surface area contributed by atoms with E-state index < -0.39 is 11.9 Å². The third kappa shape index (κ3) is 11.5. The number of esters is 2. The number of ether oxygens (including phenoxy) is 2. The Labute approximate surface area is 138 Å². The van der Waals surface area contributed by atoms with Crippen molar-refractivity contribution >= 4 is 35.5 Å². The minimum atomic E-state index is -0.410. The SMILES string of the molecule is C.C.C.C.C=CC(=O)OCC1CSC(COC(=O)C=C)S1. The van der Waals surface area contributed by atoms with Gasteiger partial charge in [0.15, 0.2) is 0 Å². The highest BCUT2D eigenvalue weighted by Crippen LogP contribution is 2.38. The molecule has 2 unspecified atom stereocenters. The first kappa shape index (κ1) is 28.3. The molecule has 1 aliphatic heterocycles. The maximum absolute atomic E-state index is 10.9. The van der Waals surface area contributed by atoms with E-state index in [-0.39, 0.29) is 39.5 Å². The second-order valence-corrected chi connectivity index (χ2v) is 6.23. The third-order valence-corrected chi connectivity index (χ3v) is 5.10. The van der Waals surface area contributed by atoms with Crippen LogP contribution in [0, 0.1) is 0 Å². The van der Waals surface area contributed by atoms with Crippen LogP contribution in [-0.2, 0) is 19.1 Å². The predicted molar refractivity (Wildman–Crippen MR) is 96.9 cm³/mol. The number of rotatable bonds is 6. The second-order valence-electron chi connectivity index (χ2n) is 3.19. The molecule has 0 spiro atoms. The van der Waals surface area contributed by atoms with E-state index in [4.69, 9.17) is 9.47 Å². The van der Waals surface area contributed by atoms with E-state index >= 15 is 0 Å². The number of hydrogen-bond acceptors (Lipinski definition) is 6. The van der Waals surface area contributed by atoms with Gasteiger partial charge in [-0.25, -0.2) is 9.59 Å². The van der Waals surface area contributed by atoms with Gasteiger partial charge in [-0.2, -0.15) is 0 Å². The zero-order valence-corrected chi connectivity index (χ0v) is 10.9. The van der Waals surface area contributed by atoms with Gasteiger partial charge in [-0.1, -0.05) is 42.9 Å². The summed E-state index contributed by atoms with van der Waals surface area (Å²) in [5.74, 6) is 0.0654. The highest BCUT2D eigenvalue weighted by Gasteiger charge is 2.27. The first-order valence-corrected chi connectivity index (χ1v) is 7.00. The maximum atomic E-state index is 10.9. The first-order valence-electron chi connectivity index (χ1n) is 5.01. The molecular weight excluding hydrogens is 308 g/mol. The summed E-state index contributed by atoms with van der Waals surface area (Å²) in [5, 5.41) is 0.247. The molecular formula is C15H30O4S2. The summed E-state index contributed by atoms with van der Waals surface area (Å²) < 4.78 is 10.1. The fraction of sp³-hybridized carbons (Fsp3) is 0.600. The fourth-order valence-corrected chi connectivity index (χ4v) is 4.11. The number of carbonyl (C=O) groups excluding carboxylic acids is 2. The second kappa shape index (κ2) is 15.5. The van der Waals surface area contributed by atoms with Gasteiger partial charge in [0.25, 0.3) is 0 Å². The van der Waals surface area contributed by atoms with Crippen molar-refractivity contribution in [3.8, 4) is 0 Å². The van der Waals surface area contributed by atoms with E-state index in [0.29, 0.717) is 13.2 Å². The molecule has 0 bridgehead atoms. The van der Waals surface area contributed by atoms with E-state index in [1.54, 1.807) is 23.5 Å². The quantitative estimate of drug-likeness (QED) is 0.535. The van der Waals surface area contributed by atoms with Gasteiger partial charge in [0, 0.05) is 23.2 Å². The molecule has 0 aromatic carbocycles. The summed E-state index contributed by atoms with van der Waals surface area (Å²) in [6, 6.07) is 0. The molecule has 4 nitrogen and oxygen atoms in total. The van der Waals surface area contributed by atoms with Crippen molar-refractivity contribution in [2.75, 3.05) is 19.0 Å². The van der Waals surface area contributed by atoms with Gasteiger partial charge in [0.05, 0.1) is 4.58 Å². The molecule has 21 heavy (non-hydrogen) atoms. The minimum absolute atomic E-state index is 0. The smallest absolute Gasteiger partial charge is 0.330 e. The molecule has 1 saturated heterocycles. The molecule has 126 valence electrons. The summed E-state index contributed by atoms with van der Waals surface area (Å²) in [6.45, 7) is 7.37. The van der Waals surface area contributed by atoms with Crippen molar-refractivity contribution in [1.29, 1.82) is 0 Å². The topological polar surface area (TPSA) is 52.6 Å². The Morgan fingerprint density at radius 1 is 1.00 bits per heavy atom. The molecule has 1 fully saturated rings. The van der Waals surface area contributed by atoms with Crippen molar-refractivity contribution < 1.29 is 19.1 Å². The Hall–Kier alpha value is -0.880. The summed E-state index contributed by atoms with van der Waals surface area (Å²) in [4.78, 5) is 21.7. The van der Waals surface area contributed by atoms with Crippen molar-refractivity contribution in [2.45, 2.75) is 39.5 Å². The largest absolute Gasteiger partial charge is 0.461 e. The van der Waals surface area contributed by atoms with Crippen LogP contribution in [0.3, 0.4) is 0 Å². The van der Waals surface area contributed by atoms with Crippen LogP contribution in [0.4, 0.5) is 0 Å². The highest BCUT2D eigenvalue weighted by molar-refractivity contribution is 8.20. The predicted octanol–water partition coefficient (Wildman–Crippen LogP) is 4.16. The van der Waals surface area contributed by atoms with Crippen LogP contribution in [0.1, 0.15) is 29.7 Å². The molecule has 0 N–H and O–H groups in total. The van der Waals surface area contributed by atoms with E-state index in [2.05, 4.69) is 13.2 Å². The lowest BCUT2D eigenvalue weighted by molar-refractivity contribution is -0.138. The molecule has 0 saturated carbocycles. The Morgan fingerprint density at radius 3 is 1.95 bits per heavy atom.